The first kappa shape index (κ1) is 12.4. The van der Waals surface area contributed by atoms with Crippen LogP contribution in [0.2, 0.25) is 0 Å². The smallest absolute Gasteiger partial charge is 0.353 e. The topological polar surface area (TPSA) is 87.9 Å². The van der Waals surface area contributed by atoms with Crippen LogP contribution in [0.5, 0.6) is 17.2 Å². The Hall–Kier alpha value is -2.61. The van der Waals surface area contributed by atoms with Crippen molar-refractivity contribution in [2.24, 2.45) is 0 Å². The molecule has 8 heteroatoms. The van der Waals surface area contributed by atoms with E-state index in [0.29, 0.717) is 11.5 Å². The van der Waals surface area contributed by atoms with Gasteiger partial charge in [-0.25, -0.2) is 4.79 Å². The zero-order valence-electron chi connectivity index (χ0n) is 9.90. The second kappa shape index (κ2) is 4.82. The first-order valence-electron chi connectivity index (χ1n) is 5.49. The third-order valence-corrected chi connectivity index (χ3v) is 3.54. The maximum absolute atomic E-state index is 11.8. The molecule has 3 rings (SSSR count). The summed E-state index contributed by atoms with van der Waals surface area (Å²) in [4.78, 5) is 22.0. The van der Waals surface area contributed by atoms with Crippen LogP contribution in [-0.4, -0.2) is 17.7 Å². The van der Waals surface area contributed by atoms with Crippen molar-refractivity contribution < 1.29 is 23.9 Å². The average molecular weight is 293 g/mol. The monoisotopic (exact) mass is 293 g/mol. The number of hydrogen-bond acceptors (Lipinski definition) is 7. The van der Waals surface area contributed by atoms with Crippen LogP contribution in [0.4, 0.5) is 5.00 Å². The van der Waals surface area contributed by atoms with E-state index >= 15 is 0 Å². The van der Waals surface area contributed by atoms with Gasteiger partial charge in [0, 0.05) is 12.1 Å². The SMILES string of the molecule is O=C(Oc1ccc2c(c1)OCO2)c1ccc([N+](=O)[O-])s1. The lowest BCUT2D eigenvalue weighted by atomic mass is 10.3. The summed E-state index contributed by atoms with van der Waals surface area (Å²) in [7, 11) is 0. The summed E-state index contributed by atoms with van der Waals surface area (Å²) < 4.78 is 15.4. The fraction of sp³-hybridized carbons (Fsp3) is 0.0833. The van der Waals surface area contributed by atoms with E-state index < -0.39 is 10.9 Å². The highest BCUT2D eigenvalue weighted by molar-refractivity contribution is 7.17. The number of hydrogen-bond donors (Lipinski definition) is 0. The van der Waals surface area contributed by atoms with Gasteiger partial charge in [0.2, 0.25) is 6.79 Å². The number of ether oxygens (including phenoxy) is 3. The minimum Gasteiger partial charge on any atom is -0.454 e. The zero-order valence-corrected chi connectivity index (χ0v) is 10.7. The molecule has 20 heavy (non-hydrogen) atoms. The maximum Gasteiger partial charge on any atom is 0.353 e. The van der Waals surface area contributed by atoms with Crippen LogP contribution in [-0.2, 0) is 0 Å². The summed E-state index contributed by atoms with van der Waals surface area (Å²) in [6.45, 7) is 0.129. The molecule has 102 valence electrons. The molecule has 0 aliphatic carbocycles. The van der Waals surface area contributed by atoms with Gasteiger partial charge in [0.15, 0.2) is 11.5 Å². The summed E-state index contributed by atoms with van der Waals surface area (Å²) in [5.41, 5.74) is 0. The van der Waals surface area contributed by atoms with Gasteiger partial charge in [0.05, 0.1) is 4.92 Å². The molecule has 2 aromatic rings. The highest BCUT2D eigenvalue weighted by atomic mass is 32.1. The number of nitro groups is 1. The second-order valence-corrected chi connectivity index (χ2v) is 4.86. The van der Waals surface area contributed by atoms with Crippen molar-refractivity contribution in [3.63, 3.8) is 0 Å². The number of thiophene rings is 1. The van der Waals surface area contributed by atoms with E-state index in [2.05, 4.69) is 0 Å². The lowest BCUT2D eigenvalue weighted by molar-refractivity contribution is -0.380. The minimum absolute atomic E-state index is 0.109. The molecule has 0 N–H and O–H groups in total. The Morgan fingerprint density at radius 1 is 1.25 bits per heavy atom. The first-order valence-corrected chi connectivity index (χ1v) is 6.31. The molecule has 0 unspecified atom stereocenters. The average Bonchev–Trinajstić information content (AvgIpc) is 3.07. The van der Waals surface area contributed by atoms with E-state index in [9.17, 15) is 14.9 Å². The fourth-order valence-corrected chi connectivity index (χ4v) is 2.33. The summed E-state index contributed by atoms with van der Waals surface area (Å²) in [5, 5.41) is 10.4. The van der Waals surface area contributed by atoms with Gasteiger partial charge < -0.3 is 14.2 Å². The van der Waals surface area contributed by atoms with Crippen molar-refractivity contribution in [3.05, 3.63) is 45.3 Å². The molecule has 0 fully saturated rings. The zero-order chi connectivity index (χ0) is 14.1. The molecule has 0 atom stereocenters. The van der Waals surface area contributed by atoms with Crippen LogP contribution in [0.1, 0.15) is 9.67 Å². The van der Waals surface area contributed by atoms with Gasteiger partial charge in [0.25, 0.3) is 0 Å². The summed E-state index contributed by atoms with van der Waals surface area (Å²) in [5.74, 6) is 0.710. The molecule has 0 saturated carbocycles. The quantitative estimate of drug-likeness (QED) is 0.374. The molecular formula is C12H7NO6S. The largest absolute Gasteiger partial charge is 0.454 e. The number of carbonyl (C=O) groups is 1. The van der Waals surface area contributed by atoms with Gasteiger partial charge in [-0.3, -0.25) is 10.1 Å². The predicted octanol–water partition coefficient (Wildman–Crippen LogP) is 2.60. The predicted molar refractivity (Wildman–Crippen MR) is 68.5 cm³/mol. The first-order chi connectivity index (χ1) is 9.63. The Morgan fingerprint density at radius 2 is 2.05 bits per heavy atom. The molecule has 1 aromatic carbocycles. The number of fused-ring (bicyclic) bond motifs is 1. The summed E-state index contributed by atoms with van der Waals surface area (Å²) in [6, 6.07) is 7.34. The molecule has 1 aliphatic heterocycles. The van der Waals surface area contributed by atoms with Crippen LogP contribution >= 0.6 is 11.3 Å². The van der Waals surface area contributed by atoms with Gasteiger partial charge in [-0.15, -0.1) is 0 Å². The van der Waals surface area contributed by atoms with Crippen LogP contribution in [0.3, 0.4) is 0 Å². The Kier molecular flexibility index (Phi) is 2.99. The third kappa shape index (κ3) is 2.28. The van der Waals surface area contributed by atoms with E-state index in [0.717, 1.165) is 11.3 Å². The van der Waals surface area contributed by atoms with Crippen molar-refractivity contribution in [2.45, 2.75) is 0 Å². The van der Waals surface area contributed by atoms with Gasteiger partial charge >= 0.3 is 11.0 Å². The molecule has 0 radical (unpaired) electrons. The standard InChI is InChI=1S/C12H7NO6S/c14-12(10-3-4-11(20-10)13(15)16)19-7-1-2-8-9(5-7)18-6-17-8/h1-5H,6H2. The Labute approximate surface area is 116 Å². The molecule has 1 aliphatic rings. The second-order valence-electron chi connectivity index (χ2n) is 3.80. The molecule has 1 aromatic heterocycles. The van der Waals surface area contributed by atoms with E-state index in [1.54, 1.807) is 12.1 Å². The molecule has 0 saturated heterocycles. The van der Waals surface area contributed by atoms with Crippen molar-refractivity contribution in [1.29, 1.82) is 0 Å². The number of benzene rings is 1. The summed E-state index contributed by atoms with van der Waals surface area (Å²) in [6.07, 6.45) is 0. The van der Waals surface area contributed by atoms with E-state index in [4.69, 9.17) is 14.2 Å². The van der Waals surface area contributed by atoms with Crippen molar-refractivity contribution in [2.75, 3.05) is 6.79 Å². The maximum atomic E-state index is 11.8. The van der Waals surface area contributed by atoms with E-state index in [1.807, 2.05) is 0 Å². The number of esters is 1. The third-order valence-electron chi connectivity index (χ3n) is 2.53. The number of nitrogens with zero attached hydrogens (tertiary/aromatic N) is 1. The Balaban J connectivity index is 1.76. The van der Waals surface area contributed by atoms with Crippen molar-refractivity contribution >= 4 is 22.3 Å². The minimum atomic E-state index is -0.651. The lowest BCUT2D eigenvalue weighted by Crippen LogP contribution is -2.06. The number of rotatable bonds is 3. The molecule has 2 heterocycles. The van der Waals surface area contributed by atoms with Crippen molar-refractivity contribution in [3.8, 4) is 17.2 Å². The molecule has 0 spiro atoms. The normalized spacial score (nSPS) is 12.2. The highest BCUT2D eigenvalue weighted by Crippen LogP contribution is 2.35. The fourth-order valence-electron chi connectivity index (χ4n) is 1.63. The van der Waals surface area contributed by atoms with Gasteiger partial charge in [-0.1, -0.05) is 11.3 Å². The lowest BCUT2D eigenvalue weighted by Gasteiger charge is -2.03. The molecular weight excluding hydrogens is 286 g/mol. The van der Waals surface area contributed by atoms with Crippen LogP contribution in [0.15, 0.2) is 30.3 Å². The highest BCUT2D eigenvalue weighted by Gasteiger charge is 2.19. The van der Waals surface area contributed by atoms with E-state index in [1.165, 1.54) is 18.2 Å². The molecule has 0 bridgehead atoms. The van der Waals surface area contributed by atoms with Crippen LogP contribution in [0, 0.1) is 10.1 Å². The number of carbonyl (C=O) groups excluding carboxylic acids is 1. The summed E-state index contributed by atoms with van der Waals surface area (Å²) >= 11 is 0.764. The van der Waals surface area contributed by atoms with Crippen molar-refractivity contribution in [1.82, 2.24) is 0 Å². The molecule has 7 nitrogen and oxygen atoms in total. The van der Waals surface area contributed by atoms with Gasteiger partial charge in [-0.05, 0) is 18.2 Å². The van der Waals surface area contributed by atoms with Gasteiger partial charge in [0.1, 0.15) is 10.6 Å². The molecule has 0 amide bonds. The van der Waals surface area contributed by atoms with Crippen LogP contribution < -0.4 is 14.2 Å². The van der Waals surface area contributed by atoms with E-state index in [-0.39, 0.29) is 22.4 Å². The Morgan fingerprint density at radius 3 is 2.80 bits per heavy atom. The van der Waals surface area contributed by atoms with Gasteiger partial charge in [-0.2, -0.15) is 0 Å². The van der Waals surface area contributed by atoms with Crippen LogP contribution in [0.25, 0.3) is 0 Å². The Bertz CT molecular complexity index is 695.